The Kier molecular flexibility index (Phi) is 13.7. The van der Waals surface area contributed by atoms with E-state index in [0.29, 0.717) is 17.9 Å². The highest BCUT2D eigenvalue weighted by molar-refractivity contribution is 8.76. The maximum atomic E-state index is 13.3. The summed E-state index contributed by atoms with van der Waals surface area (Å²) in [5, 5.41) is 20.8. The normalized spacial score (nSPS) is 20.7. The van der Waals surface area contributed by atoms with E-state index >= 15 is 0 Å². The van der Waals surface area contributed by atoms with Crippen molar-refractivity contribution < 1.29 is 48.3 Å². The summed E-state index contributed by atoms with van der Waals surface area (Å²) in [5.41, 5.74) is 0. The predicted octanol–water partition coefficient (Wildman–Crippen LogP) is 0.331. The van der Waals surface area contributed by atoms with Gasteiger partial charge in [-0.1, -0.05) is 28.5 Å². The standard InChI is InChI=1S/C22H38N4O10S2/c1-5-15(27)10-23-19-20(26(14-34-3)21(23)31)24(22(32)25(19)13-33-2)11-16(28)12-36-18(30)7-9-38-37-8-6-17(29)35-4/h15-16,19-20,27-28H,5-14H2,1-4H3. The minimum absolute atomic E-state index is 0.0111. The number of carbonyl (C=O) groups is 4. The molecule has 0 spiro atoms. The van der Waals surface area contributed by atoms with Crippen molar-refractivity contribution in [1.29, 1.82) is 0 Å². The fraction of sp³-hybridized carbons (Fsp3) is 0.818. The second kappa shape index (κ2) is 16.2. The second-order valence-corrected chi connectivity index (χ2v) is 11.3. The van der Waals surface area contributed by atoms with Gasteiger partial charge in [0.15, 0.2) is 12.3 Å². The van der Waals surface area contributed by atoms with Crippen LogP contribution in [0.15, 0.2) is 0 Å². The van der Waals surface area contributed by atoms with Gasteiger partial charge in [-0.15, -0.1) is 0 Å². The molecule has 4 amide bonds. The Hall–Kier alpha value is -1.98. The van der Waals surface area contributed by atoms with Crippen LogP contribution in [0, 0.1) is 0 Å². The molecule has 2 aliphatic rings. The summed E-state index contributed by atoms with van der Waals surface area (Å²) in [6.45, 7) is 1.05. The largest absolute Gasteiger partial charge is 0.469 e. The molecule has 2 aliphatic heterocycles. The summed E-state index contributed by atoms with van der Waals surface area (Å²) < 4.78 is 20.1. The van der Waals surface area contributed by atoms with Crippen molar-refractivity contribution in [1.82, 2.24) is 19.6 Å². The Labute approximate surface area is 230 Å². The zero-order chi connectivity index (χ0) is 28.2. The van der Waals surface area contributed by atoms with Crippen LogP contribution in [0.5, 0.6) is 0 Å². The zero-order valence-electron chi connectivity index (χ0n) is 22.1. The quantitative estimate of drug-likeness (QED) is 0.130. The molecular formula is C22H38N4O10S2. The number of amides is 4. The van der Waals surface area contributed by atoms with Crippen molar-refractivity contribution in [3.05, 3.63) is 0 Å². The van der Waals surface area contributed by atoms with E-state index in [1.807, 2.05) is 0 Å². The van der Waals surface area contributed by atoms with Gasteiger partial charge < -0.3 is 29.2 Å². The van der Waals surface area contributed by atoms with Crippen LogP contribution in [0.1, 0.15) is 26.2 Å². The molecule has 0 bridgehead atoms. The lowest BCUT2D eigenvalue weighted by atomic mass is 10.2. The van der Waals surface area contributed by atoms with Crippen molar-refractivity contribution in [2.75, 3.05) is 66.0 Å². The van der Waals surface area contributed by atoms with E-state index in [1.54, 1.807) is 6.92 Å². The number of hydrogen-bond acceptors (Lipinski definition) is 12. The van der Waals surface area contributed by atoms with E-state index in [9.17, 15) is 29.4 Å². The maximum Gasteiger partial charge on any atom is 0.325 e. The predicted molar refractivity (Wildman–Crippen MR) is 139 cm³/mol. The van der Waals surface area contributed by atoms with Crippen LogP contribution in [0.25, 0.3) is 0 Å². The Bertz CT molecular complexity index is 806. The first-order valence-electron chi connectivity index (χ1n) is 12.1. The molecule has 0 aliphatic carbocycles. The molecule has 38 heavy (non-hydrogen) atoms. The molecule has 2 heterocycles. The van der Waals surface area contributed by atoms with E-state index in [0.717, 1.165) is 0 Å². The minimum Gasteiger partial charge on any atom is -0.469 e. The molecule has 16 heteroatoms. The Morgan fingerprint density at radius 1 is 0.816 bits per heavy atom. The third-order valence-corrected chi connectivity index (χ3v) is 8.28. The second-order valence-electron chi connectivity index (χ2n) is 8.59. The number of methoxy groups -OCH3 is 3. The number of aliphatic hydroxyl groups excluding tert-OH is 2. The van der Waals surface area contributed by atoms with Gasteiger partial charge in [-0.05, 0) is 6.42 Å². The van der Waals surface area contributed by atoms with Crippen LogP contribution < -0.4 is 0 Å². The average molecular weight is 583 g/mol. The summed E-state index contributed by atoms with van der Waals surface area (Å²) >= 11 is 0. The van der Waals surface area contributed by atoms with E-state index < -0.39 is 42.6 Å². The van der Waals surface area contributed by atoms with Gasteiger partial charge in [0.1, 0.15) is 26.2 Å². The van der Waals surface area contributed by atoms with Gasteiger partial charge in [-0.2, -0.15) is 0 Å². The fourth-order valence-corrected chi connectivity index (χ4v) is 5.99. The smallest absolute Gasteiger partial charge is 0.325 e. The van der Waals surface area contributed by atoms with E-state index in [-0.39, 0.29) is 52.0 Å². The molecule has 0 aromatic rings. The SMILES string of the molecule is CCC(O)CN1C(=O)N(COC)C2C1N(COC)C(=O)N2CC(O)COC(=O)CCSSCCC(=O)OC. The maximum absolute atomic E-state index is 13.3. The first-order valence-corrected chi connectivity index (χ1v) is 14.6. The number of fused-ring (bicyclic) bond motifs is 1. The molecular weight excluding hydrogens is 544 g/mol. The van der Waals surface area contributed by atoms with Crippen LogP contribution in [0.3, 0.4) is 0 Å². The van der Waals surface area contributed by atoms with Crippen molar-refractivity contribution in [3.8, 4) is 0 Å². The van der Waals surface area contributed by atoms with Crippen molar-refractivity contribution >= 4 is 45.6 Å². The van der Waals surface area contributed by atoms with Crippen molar-refractivity contribution in [2.45, 2.75) is 50.7 Å². The first kappa shape index (κ1) is 32.2. The van der Waals surface area contributed by atoms with Crippen LogP contribution >= 0.6 is 21.6 Å². The molecule has 0 aromatic carbocycles. The monoisotopic (exact) mass is 582 g/mol. The molecule has 0 radical (unpaired) electrons. The highest BCUT2D eigenvalue weighted by Crippen LogP contribution is 2.35. The van der Waals surface area contributed by atoms with Crippen LogP contribution in [-0.4, -0.2) is 144 Å². The van der Waals surface area contributed by atoms with Gasteiger partial charge in [0.2, 0.25) is 0 Å². The number of ether oxygens (including phenoxy) is 4. The number of hydrogen-bond donors (Lipinski definition) is 2. The van der Waals surface area contributed by atoms with E-state index in [4.69, 9.17) is 14.2 Å². The number of esters is 2. The Balaban J connectivity index is 1.96. The molecule has 218 valence electrons. The number of carbonyl (C=O) groups excluding carboxylic acids is 4. The fourth-order valence-electron chi connectivity index (χ4n) is 4.04. The van der Waals surface area contributed by atoms with Gasteiger partial charge in [0.25, 0.3) is 0 Å². The summed E-state index contributed by atoms with van der Waals surface area (Å²) in [7, 11) is 7.04. The molecule has 2 rings (SSSR count). The van der Waals surface area contributed by atoms with Gasteiger partial charge in [0, 0.05) is 25.7 Å². The molecule has 0 aromatic heterocycles. The Morgan fingerprint density at radius 3 is 1.74 bits per heavy atom. The van der Waals surface area contributed by atoms with Gasteiger partial charge >= 0.3 is 24.0 Å². The van der Waals surface area contributed by atoms with Gasteiger partial charge in [-0.3, -0.25) is 29.2 Å². The van der Waals surface area contributed by atoms with E-state index in [1.165, 1.54) is 62.5 Å². The Morgan fingerprint density at radius 2 is 1.29 bits per heavy atom. The molecule has 2 N–H and O–H groups in total. The number of urea groups is 2. The summed E-state index contributed by atoms with van der Waals surface area (Å²) in [5.74, 6) is 0.232. The summed E-state index contributed by atoms with van der Waals surface area (Å²) in [6, 6.07) is -0.895. The van der Waals surface area contributed by atoms with Crippen LogP contribution in [-0.2, 0) is 28.5 Å². The number of aliphatic hydroxyl groups is 2. The third-order valence-electron chi connectivity index (χ3n) is 5.88. The number of rotatable bonds is 18. The van der Waals surface area contributed by atoms with Gasteiger partial charge in [-0.25, -0.2) is 9.59 Å². The molecule has 14 nitrogen and oxygen atoms in total. The average Bonchev–Trinajstić information content (AvgIpc) is 3.31. The number of nitrogens with zero attached hydrogens (tertiary/aromatic N) is 4. The third kappa shape index (κ3) is 8.51. The lowest BCUT2D eigenvalue weighted by Gasteiger charge is -2.30. The summed E-state index contributed by atoms with van der Waals surface area (Å²) in [4.78, 5) is 55.1. The highest BCUT2D eigenvalue weighted by atomic mass is 33.1. The zero-order valence-corrected chi connectivity index (χ0v) is 23.8. The van der Waals surface area contributed by atoms with Gasteiger partial charge in [0.05, 0.1) is 39.1 Å². The van der Waals surface area contributed by atoms with E-state index in [2.05, 4.69) is 4.74 Å². The molecule has 4 unspecified atom stereocenters. The van der Waals surface area contributed by atoms with Crippen molar-refractivity contribution in [3.63, 3.8) is 0 Å². The van der Waals surface area contributed by atoms with Crippen LogP contribution in [0.2, 0.25) is 0 Å². The molecule has 4 atom stereocenters. The molecule has 2 fully saturated rings. The topological polar surface area (TPSA) is 159 Å². The lowest BCUT2D eigenvalue weighted by Crippen LogP contribution is -2.50. The highest BCUT2D eigenvalue weighted by Gasteiger charge is 2.59. The van der Waals surface area contributed by atoms with Crippen LogP contribution in [0.4, 0.5) is 9.59 Å². The lowest BCUT2D eigenvalue weighted by molar-refractivity contribution is -0.146. The number of β-amino-alcohol motifs (C(OH)–C–C–N with tert-alkyl or cyclic N) is 2. The minimum atomic E-state index is -1.21. The first-order chi connectivity index (χ1) is 18.2. The molecule has 2 saturated heterocycles. The molecule has 0 saturated carbocycles. The summed E-state index contributed by atoms with van der Waals surface area (Å²) in [6.07, 6.45) is -2.75. The van der Waals surface area contributed by atoms with Crippen molar-refractivity contribution in [2.24, 2.45) is 0 Å².